The van der Waals surface area contributed by atoms with Crippen LogP contribution in [-0.2, 0) is 16.9 Å². The molecule has 0 saturated carbocycles. The van der Waals surface area contributed by atoms with Gasteiger partial charge in [-0.1, -0.05) is 0 Å². The summed E-state index contributed by atoms with van der Waals surface area (Å²) < 4.78 is 5.41. The SMILES string of the molecule is OC(C1=CCCO1)c1cc2c(s1)CCSC2. The van der Waals surface area contributed by atoms with Crippen LogP contribution in [0.5, 0.6) is 0 Å². The molecule has 1 aromatic rings. The lowest BCUT2D eigenvalue weighted by molar-refractivity contribution is 0.121. The van der Waals surface area contributed by atoms with Gasteiger partial charge >= 0.3 is 0 Å². The Morgan fingerprint density at radius 3 is 3.12 bits per heavy atom. The third-order valence-electron chi connectivity index (χ3n) is 2.92. The molecule has 0 saturated heterocycles. The molecule has 3 heterocycles. The van der Waals surface area contributed by atoms with Crippen molar-refractivity contribution in [2.45, 2.75) is 24.7 Å². The minimum atomic E-state index is -0.539. The summed E-state index contributed by atoms with van der Waals surface area (Å²) in [6.07, 6.45) is 3.53. The van der Waals surface area contributed by atoms with Crippen LogP contribution < -0.4 is 0 Å². The summed E-state index contributed by atoms with van der Waals surface area (Å²) in [5.74, 6) is 3.05. The highest BCUT2D eigenvalue weighted by Crippen LogP contribution is 2.37. The molecule has 1 unspecified atom stereocenters. The fourth-order valence-electron chi connectivity index (χ4n) is 2.07. The molecule has 2 nitrogen and oxygen atoms in total. The van der Waals surface area contributed by atoms with E-state index < -0.39 is 6.10 Å². The summed E-state index contributed by atoms with van der Waals surface area (Å²) in [6.45, 7) is 0.716. The number of aliphatic hydroxyl groups excluding tert-OH is 1. The highest BCUT2D eigenvalue weighted by atomic mass is 32.2. The van der Waals surface area contributed by atoms with Crippen LogP contribution in [0.25, 0.3) is 0 Å². The lowest BCUT2D eigenvalue weighted by Crippen LogP contribution is -1.99. The number of ether oxygens (including phenoxy) is 1. The number of aryl methyl sites for hydroxylation is 1. The van der Waals surface area contributed by atoms with Crippen molar-refractivity contribution in [2.75, 3.05) is 12.4 Å². The molecule has 86 valence electrons. The van der Waals surface area contributed by atoms with Crippen molar-refractivity contribution in [3.63, 3.8) is 0 Å². The van der Waals surface area contributed by atoms with E-state index in [1.165, 1.54) is 16.2 Å². The van der Waals surface area contributed by atoms with Gasteiger partial charge < -0.3 is 9.84 Å². The minimum absolute atomic E-state index is 0.539. The Balaban J connectivity index is 1.85. The molecule has 1 aromatic heterocycles. The Labute approximate surface area is 103 Å². The molecule has 0 fully saturated rings. The van der Waals surface area contributed by atoms with Gasteiger partial charge in [-0.2, -0.15) is 11.8 Å². The first-order valence-corrected chi connectivity index (χ1v) is 7.52. The van der Waals surface area contributed by atoms with E-state index >= 15 is 0 Å². The maximum absolute atomic E-state index is 10.2. The zero-order valence-electron chi connectivity index (χ0n) is 8.94. The van der Waals surface area contributed by atoms with E-state index in [1.807, 2.05) is 17.8 Å². The van der Waals surface area contributed by atoms with Gasteiger partial charge in [-0.05, 0) is 29.9 Å². The second-order valence-electron chi connectivity index (χ2n) is 4.05. The highest BCUT2D eigenvalue weighted by molar-refractivity contribution is 7.98. The molecular weight excluding hydrogens is 240 g/mol. The maximum atomic E-state index is 10.2. The van der Waals surface area contributed by atoms with E-state index in [4.69, 9.17) is 4.74 Å². The Hall–Kier alpha value is -0.450. The van der Waals surface area contributed by atoms with Crippen LogP contribution in [0.4, 0.5) is 0 Å². The third-order valence-corrected chi connectivity index (χ3v) is 5.22. The number of thiophene rings is 1. The average molecular weight is 254 g/mol. The monoisotopic (exact) mass is 254 g/mol. The molecule has 1 atom stereocenters. The number of hydrogen-bond donors (Lipinski definition) is 1. The van der Waals surface area contributed by atoms with Crippen molar-refractivity contribution in [1.29, 1.82) is 0 Å². The van der Waals surface area contributed by atoms with E-state index in [1.54, 1.807) is 11.3 Å². The van der Waals surface area contributed by atoms with Crippen LogP contribution in [0.15, 0.2) is 17.9 Å². The first kappa shape index (κ1) is 10.7. The molecule has 2 aliphatic heterocycles. The summed E-state index contributed by atoms with van der Waals surface area (Å²) in [6, 6.07) is 2.15. The number of hydrogen-bond acceptors (Lipinski definition) is 4. The van der Waals surface area contributed by atoms with Gasteiger partial charge in [0.2, 0.25) is 0 Å². The minimum Gasteiger partial charge on any atom is -0.495 e. The molecule has 0 radical (unpaired) electrons. The summed E-state index contributed by atoms with van der Waals surface area (Å²) in [4.78, 5) is 2.49. The average Bonchev–Trinajstić information content (AvgIpc) is 2.97. The van der Waals surface area contributed by atoms with Crippen LogP contribution >= 0.6 is 23.1 Å². The molecular formula is C12H14O2S2. The molecule has 0 spiro atoms. The number of thioether (sulfide) groups is 1. The number of aliphatic hydroxyl groups is 1. The van der Waals surface area contributed by atoms with Crippen LogP contribution in [-0.4, -0.2) is 17.5 Å². The van der Waals surface area contributed by atoms with Crippen molar-refractivity contribution >= 4 is 23.1 Å². The normalized spacial score (nSPS) is 21.2. The maximum Gasteiger partial charge on any atom is 0.145 e. The van der Waals surface area contributed by atoms with Crippen molar-refractivity contribution in [2.24, 2.45) is 0 Å². The van der Waals surface area contributed by atoms with Gasteiger partial charge in [-0.15, -0.1) is 11.3 Å². The molecule has 0 aromatic carbocycles. The van der Waals surface area contributed by atoms with Gasteiger partial charge in [0.05, 0.1) is 6.61 Å². The predicted octanol–water partition coefficient (Wildman–Crippen LogP) is 2.88. The molecule has 3 rings (SSSR count). The van der Waals surface area contributed by atoms with Gasteiger partial charge in [0.15, 0.2) is 0 Å². The summed E-state index contributed by atoms with van der Waals surface area (Å²) >= 11 is 3.72. The molecule has 0 amide bonds. The number of fused-ring (bicyclic) bond motifs is 1. The Morgan fingerprint density at radius 2 is 2.38 bits per heavy atom. The van der Waals surface area contributed by atoms with Crippen LogP contribution in [0, 0.1) is 0 Å². The van der Waals surface area contributed by atoms with Crippen LogP contribution in [0.3, 0.4) is 0 Å². The van der Waals surface area contributed by atoms with Crippen molar-refractivity contribution in [3.8, 4) is 0 Å². The molecule has 16 heavy (non-hydrogen) atoms. The Bertz CT molecular complexity index is 399. The van der Waals surface area contributed by atoms with E-state index in [0.29, 0.717) is 6.61 Å². The van der Waals surface area contributed by atoms with Crippen molar-refractivity contribution in [1.82, 2.24) is 0 Å². The van der Waals surface area contributed by atoms with E-state index in [9.17, 15) is 5.11 Å². The summed E-state index contributed by atoms with van der Waals surface area (Å²) in [5.41, 5.74) is 1.41. The molecule has 4 heteroatoms. The lowest BCUT2D eigenvalue weighted by atomic mass is 10.2. The molecule has 2 aliphatic rings. The van der Waals surface area contributed by atoms with Crippen LogP contribution in [0.2, 0.25) is 0 Å². The van der Waals surface area contributed by atoms with Crippen molar-refractivity contribution in [3.05, 3.63) is 33.2 Å². The first-order chi connectivity index (χ1) is 7.84. The van der Waals surface area contributed by atoms with E-state index in [-0.39, 0.29) is 0 Å². The topological polar surface area (TPSA) is 29.5 Å². The van der Waals surface area contributed by atoms with Crippen molar-refractivity contribution < 1.29 is 9.84 Å². The third kappa shape index (κ3) is 1.90. The smallest absolute Gasteiger partial charge is 0.145 e. The molecule has 1 N–H and O–H groups in total. The van der Waals surface area contributed by atoms with E-state index in [2.05, 4.69) is 6.07 Å². The van der Waals surface area contributed by atoms with Gasteiger partial charge in [0.25, 0.3) is 0 Å². The lowest BCUT2D eigenvalue weighted by Gasteiger charge is -2.09. The predicted molar refractivity (Wildman–Crippen MR) is 67.8 cm³/mol. The Morgan fingerprint density at radius 1 is 1.44 bits per heavy atom. The van der Waals surface area contributed by atoms with Gasteiger partial charge in [-0.25, -0.2) is 0 Å². The standard InChI is InChI=1S/C12H14O2S2/c13-12(9-2-1-4-14-9)11-6-8-7-15-5-3-10(8)16-11/h2,6,12-13H,1,3-5,7H2. The second kappa shape index (κ2) is 4.43. The van der Waals surface area contributed by atoms with Crippen LogP contribution in [0.1, 0.15) is 27.8 Å². The zero-order chi connectivity index (χ0) is 11.0. The fraction of sp³-hybridized carbons (Fsp3) is 0.500. The van der Waals surface area contributed by atoms with E-state index in [0.717, 1.165) is 29.2 Å². The van der Waals surface area contributed by atoms with Gasteiger partial charge in [-0.3, -0.25) is 0 Å². The second-order valence-corrected chi connectivity index (χ2v) is 6.32. The summed E-state index contributed by atoms with van der Waals surface area (Å²) in [7, 11) is 0. The first-order valence-electron chi connectivity index (χ1n) is 5.55. The Kier molecular flexibility index (Phi) is 2.96. The zero-order valence-corrected chi connectivity index (χ0v) is 10.6. The fourth-order valence-corrected chi connectivity index (χ4v) is 4.44. The largest absolute Gasteiger partial charge is 0.495 e. The van der Waals surface area contributed by atoms with Gasteiger partial charge in [0.1, 0.15) is 11.9 Å². The number of rotatable bonds is 2. The quantitative estimate of drug-likeness (QED) is 0.880. The van der Waals surface area contributed by atoms with Gasteiger partial charge in [0, 0.05) is 21.9 Å². The summed E-state index contributed by atoms with van der Waals surface area (Å²) in [5, 5.41) is 10.2. The highest BCUT2D eigenvalue weighted by Gasteiger charge is 2.22. The molecule has 0 bridgehead atoms. The molecule has 0 aliphatic carbocycles.